The number of carbonyl (C=O) groups is 2. The first-order valence-corrected chi connectivity index (χ1v) is 14.3. The molecule has 0 aliphatic carbocycles. The van der Waals surface area contributed by atoms with Crippen LogP contribution in [0.15, 0.2) is 102 Å². The Kier molecular flexibility index (Phi) is 7.57. The zero-order valence-electron chi connectivity index (χ0n) is 22.0. The average molecular weight is 556 g/mol. The van der Waals surface area contributed by atoms with Gasteiger partial charge in [0.2, 0.25) is 6.41 Å². The van der Waals surface area contributed by atoms with Crippen molar-refractivity contribution in [2.24, 2.45) is 0 Å². The molecule has 9 heteroatoms. The van der Waals surface area contributed by atoms with E-state index in [-0.39, 0.29) is 22.6 Å². The molecule has 40 heavy (non-hydrogen) atoms. The summed E-state index contributed by atoms with van der Waals surface area (Å²) in [5.41, 5.74) is 3.16. The fourth-order valence-electron chi connectivity index (χ4n) is 5.01. The van der Waals surface area contributed by atoms with Gasteiger partial charge in [-0.2, -0.15) is 0 Å². The molecule has 0 saturated carbocycles. The summed E-state index contributed by atoms with van der Waals surface area (Å²) in [7, 11) is -2.20. The normalized spacial score (nSPS) is 12.9. The Bertz CT molecular complexity index is 1660. The Morgan fingerprint density at radius 1 is 0.925 bits per heavy atom. The van der Waals surface area contributed by atoms with Crippen LogP contribution in [0.4, 0.5) is 17.1 Å². The second-order valence-electron chi connectivity index (χ2n) is 9.60. The summed E-state index contributed by atoms with van der Waals surface area (Å²) in [5, 5.41) is 10.7. The molecule has 0 fully saturated rings. The maximum Gasteiger partial charge on any atom is 0.267 e. The van der Waals surface area contributed by atoms with Gasteiger partial charge < -0.3 is 10.0 Å². The molecule has 2 amide bonds. The van der Waals surface area contributed by atoms with Gasteiger partial charge >= 0.3 is 0 Å². The molecule has 4 aromatic carbocycles. The standard InChI is InChI=1S/C31H29N3O5S/c1-32(21-23-10-3-2-4-11-23)28-16-8-6-14-26(28)31(37)33(22-35)29-20-25(17-18-30(29)36)40(38,39)34-19-9-13-24-12-5-7-15-27(24)34/h2-8,10-12,14-18,20,22,36H,9,13,19,21H2,1H3. The Balaban J connectivity index is 1.49. The lowest BCUT2D eigenvalue weighted by Crippen LogP contribution is -2.36. The van der Waals surface area contributed by atoms with Crippen LogP contribution in [0.1, 0.15) is 27.9 Å². The van der Waals surface area contributed by atoms with E-state index in [0.717, 1.165) is 22.4 Å². The first-order valence-electron chi connectivity index (χ1n) is 12.9. The number of amides is 2. The van der Waals surface area contributed by atoms with Crippen LogP contribution in [0.2, 0.25) is 0 Å². The van der Waals surface area contributed by atoms with Crippen LogP contribution < -0.4 is 14.1 Å². The van der Waals surface area contributed by atoms with Gasteiger partial charge in [0.15, 0.2) is 0 Å². The third-order valence-corrected chi connectivity index (χ3v) is 8.80. The molecule has 204 valence electrons. The number of benzene rings is 4. The Hall–Kier alpha value is -4.63. The molecule has 1 aliphatic rings. The van der Waals surface area contributed by atoms with Crippen molar-refractivity contribution in [3.8, 4) is 5.75 Å². The maximum atomic E-state index is 13.7. The summed E-state index contributed by atoms with van der Waals surface area (Å²) < 4.78 is 28.8. The fourth-order valence-corrected chi connectivity index (χ4v) is 6.57. The summed E-state index contributed by atoms with van der Waals surface area (Å²) in [6.07, 6.45) is 1.72. The van der Waals surface area contributed by atoms with E-state index >= 15 is 0 Å². The molecule has 0 unspecified atom stereocenters. The monoisotopic (exact) mass is 555 g/mol. The smallest absolute Gasteiger partial charge is 0.267 e. The Morgan fingerprint density at radius 2 is 1.62 bits per heavy atom. The molecule has 1 heterocycles. The van der Waals surface area contributed by atoms with E-state index < -0.39 is 21.7 Å². The minimum Gasteiger partial charge on any atom is -0.506 e. The summed E-state index contributed by atoms with van der Waals surface area (Å²) in [4.78, 5) is 28.5. The molecule has 5 rings (SSSR count). The molecular formula is C31H29N3O5S. The number of anilines is 3. The van der Waals surface area contributed by atoms with Crippen molar-refractivity contribution in [1.29, 1.82) is 0 Å². The lowest BCUT2D eigenvalue weighted by atomic mass is 10.0. The Labute approximate surface area is 233 Å². The molecule has 0 radical (unpaired) electrons. The SMILES string of the molecule is CN(Cc1ccccc1)c1ccccc1C(=O)N(C=O)c1cc(S(=O)(=O)N2CCCc3ccccc32)ccc1O. The number of hydrogen-bond acceptors (Lipinski definition) is 6. The summed E-state index contributed by atoms with van der Waals surface area (Å²) in [5.74, 6) is -1.09. The lowest BCUT2D eigenvalue weighted by molar-refractivity contribution is -0.107. The molecule has 0 saturated heterocycles. The quantitative estimate of drug-likeness (QED) is 0.308. The van der Waals surface area contributed by atoms with Crippen LogP contribution >= 0.6 is 0 Å². The minimum atomic E-state index is -4.04. The third-order valence-electron chi connectivity index (χ3n) is 6.99. The van der Waals surface area contributed by atoms with Crippen molar-refractivity contribution in [3.05, 3.63) is 114 Å². The van der Waals surface area contributed by atoms with Gasteiger partial charge in [-0.25, -0.2) is 13.3 Å². The highest BCUT2D eigenvalue weighted by Gasteiger charge is 2.31. The fraction of sp³-hybridized carbons (Fsp3) is 0.161. The topological polar surface area (TPSA) is 98.2 Å². The van der Waals surface area contributed by atoms with Gasteiger partial charge in [0.25, 0.3) is 15.9 Å². The number of fused-ring (bicyclic) bond motifs is 1. The highest BCUT2D eigenvalue weighted by molar-refractivity contribution is 7.92. The van der Waals surface area contributed by atoms with E-state index in [1.165, 1.54) is 22.5 Å². The van der Waals surface area contributed by atoms with Gasteiger partial charge in [0.1, 0.15) is 5.75 Å². The van der Waals surface area contributed by atoms with Gasteiger partial charge in [0, 0.05) is 25.8 Å². The van der Waals surface area contributed by atoms with E-state index in [9.17, 15) is 23.1 Å². The second-order valence-corrected chi connectivity index (χ2v) is 11.5. The predicted molar refractivity (Wildman–Crippen MR) is 155 cm³/mol. The van der Waals surface area contributed by atoms with Crippen molar-refractivity contribution >= 4 is 39.4 Å². The van der Waals surface area contributed by atoms with E-state index in [2.05, 4.69) is 0 Å². The Morgan fingerprint density at radius 3 is 2.40 bits per heavy atom. The minimum absolute atomic E-state index is 0.133. The number of para-hydroxylation sites is 2. The number of nitrogens with zero attached hydrogens (tertiary/aromatic N) is 3. The largest absolute Gasteiger partial charge is 0.506 e. The zero-order chi connectivity index (χ0) is 28.3. The summed E-state index contributed by atoms with van der Waals surface area (Å²) in [6, 6.07) is 27.5. The van der Waals surface area contributed by atoms with Crippen molar-refractivity contribution < 1.29 is 23.1 Å². The highest BCUT2D eigenvalue weighted by Crippen LogP contribution is 2.36. The first-order chi connectivity index (χ1) is 19.3. The van der Waals surface area contributed by atoms with Crippen LogP contribution in [0, 0.1) is 0 Å². The number of sulfonamides is 1. The first kappa shape index (κ1) is 27.0. The van der Waals surface area contributed by atoms with E-state index in [4.69, 9.17) is 0 Å². The van der Waals surface area contributed by atoms with Crippen molar-refractivity contribution in [2.45, 2.75) is 24.3 Å². The highest BCUT2D eigenvalue weighted by atomic mass is 32.2. The van der Waals surface area contributed by atoms with Crippen molar-refractivity contribution in [1.82, 2.24) is 0 Å². The third kappa shape index (κ3) is 5.15. The molecule has 8 nitrogen and oxygen atoms in total. The molecule has 0 aromatic heterocycles. The van der Waals surface area contributed by atoms with Crippen LogP contribution in [0.5, 0.6) is 5.75 Å². The van der Waals surface area contributed by atoms with Crippen LogP contribution in [0.25, 0.3) is 0 Å². The molecular weight excluding hydrogens is 526 g/mol. The number of imide groups is 1. The number of rotatable bonds is 8. The molecule has 0 bridgehead atoms. The maximum absolute atomic E-state index is 13.7. The van der Waals surface area contributed by atoms with Crippen LogP contribution in [0.3, 0.4) is 0 Å². The zero-order valence-corrected chi connectivity index (χ0v) is 22.8. The van der Waals surface area contributed by atoms with E-state index in [0.29, 0.717) is 30.9 Å². The second kappa shape index (κ2) is 11.2. The van der Waals surface area contributed by atoms with Gasteiger partial charge in [0.05, 0.1) is 21.8 Å². The van der Waals surface area contributed by atoms with Gasteiger partial charge in [-0.1, -0.05) is 60.7 Å². The predicted octanol–water partition coefficient (Wildman–Crippen LogP) is 4.97. The van der Waals surface area contributed by atoms with Crippen LogP contribution in [-0.4, -0.2) is 39.4 Å². The van der Waals surface area contributed by atoms with E-state index in [1.807, 2.05) is 54.4 Å². The molecule has 1 aliphatic heterocycles. The van der Waals surface area contributed by atoms with Gasteiger partial charge in [-0.3, -0.25) is 13.9 Å². The number of carbonyl (C=O) groups excluding carboxylic acids is 2. The number of aromatic hydroxyl groups is 1. The van der Waals surface area contributed by atoms with Crippen molar-refractivity contribution in [2.75, 3.05) is 27.7 Å². The average Bonchev–Trinajstić information content (AvgIpc) is 2.98. The summed E-state index contributed by atoms with van der Waals surface area (Å²) >= 11 is 0. The summed E-state index contributed by atoms with van der Waals surface area (Å²) in [6.45, 7) is 0.815. The molecule has 0 atom stereocenters. The van der Waals surface area contributed by atoms with Gasteiger partial charge in [-0.05, 0) is 60.4 Å². The van der Waals surface area contributed by atoms with Crippen molar-refractivity contribution in [3.63, 3.8) is 0 Å². The van der Waals surface area contributed by atoms with Gasteiger partial charge in [-0.15, -0.1) is 0 Å². The molecule has 1 N–H and O–H groups in total. The molecule has 4 aromatic rings. The number of hydrogen-bond donors (Lipinski definition) is 1. The number of phenolic OH excluding ortho intramolecular Hbond substituents is 1. The van der Waals surface area contributed by atoms with Crippen LogP contribution in [-0.2, 0) is 27.8 Å². The lowest BCUT2D eigenvalue weighted by Gasteiger charge is -2.30. The number of aryl methyl sites for hydroxylation is 1. The number of phenols is 1. The molecule has 0 spiro atoms. The van der Waals surface area contributed by atoms with E-state index in [1.54, 1.807) is 36.4 Å².